The quantitative estimate of drug-likeness (QED) is 0.859. The van der Waals surface area contributed by atoms with Crippen LogP contribution in [0.3, 0.4) is 0 Å². The second-order valence-electron chi connectivity index (χ2n) is 4.05. The van der Waals surface area contributed by atoms with E-state index in [4.69, 9.17) is 10.5 Å². The molecule has 0 aromatic heterocycles. The lowest BCUT2D eigenvalue weighted by Crippen LogP contribution is -2.37. The smallest absolute Gasteiger partial charge is 0.236 e. The van der Waals surface area contributed by atoms with Gasteiger partial charge in [-0.25, -0.2) is 0 Å². The number of nitrogens with one attached hydrogen (secondary N) is 1. The summed E-state index contributed by atoms with van der Waals surface area (Å²) in [7, 11) is 0. The van der Waals surface area contributed by atoms with Crippen molar-refractivity contribution < 1.29 is 9.53 Å². The Balaban J connectivity index is 0.00000289. The largest absolute Gasteiger partial charge is 0.494 e. The van der Waals surface area contributed by atoms with E-state index in [0.29, 0.717) is 13.2 Å². The minimum absolute atomic E-state index is 0. The molecule has 1 amide bonds. The van der Waals surface area contributed by atoms with Gasteiger partial charge in [-0.2, -0.15) is 0 Å². The van der Waals surface area contributed by atoms with Gasteiger partial charge in [0.05, 0.1) is 12.6 Å². The van der Waals surface area contributed by atoms with E-state index in [2.05, 4.69) is 5.32 Å². The third kappa shape index (κ3) is 4.94. The van der Waals surface area contributed by atoms with Crippen LogP contribution in [0.4, 0.5) is 0 Å². The summed E-state index contributed by atoms with van der Waals surface area (Å²) in [4.78, 5) is 11.4. The van der Waals surface area contributed by atoms with Crippen molar-refractivity contribution in [1.82, 2.24) is 5.32 Å². The van der Waals surface area contributed by atoms with Crippen LogP contribution in [0.5, 0.6) is 5.75 Å². The van der Waals surface area contributed by atoms with E-state index >= 15 is 0 Å². The van der Waals surface area contributed by atoms with Crippen molar-refractivity contribution in [2.24, 2.45) is 5.73 Å². The molecular weight excluding hydrogens is 252 g/mol. The van der Waals surface area contributed by atoms with E-state index in [1.165, 1.54) is 0 Å². The fraction of sp³-hybridized carbons (Fsp3) is 0.462. The van der Waals surface area contributed by atoms with Crippen LogP contribution in [0, 0.1) is 6.92 Å². The van der Waals surface area contributed by atoms with Crippen LogP contribution in [-0.2, 0) is 11.3 Å². The minimum Gasteiger partial charge on any atom is -0.494 e. The summed E-state index contributed by atoms with van der Waals surface area (Å²) in [5.41, 5.74) is 7.58. The number of hydrogen-bond acceptors (Lipinski definition) is 3. The molecule has 0 aliphatic carbocycles. The van der Waals surface area contributed by atoms with E-state index < -0.39 is 6.04 Å². The molecule has 0 bridgehead atoms. The van der Waals surface area contributed by atoms with Crippen molar-refractivity contribution >= 4 is 18.3 Å². The highest BCUT2D eigenvalue weighted by Gasteiger charge is 2.09. The fourth-order valence-corrected chi connectivity index (χ4v) is 1.44. The molecule has 1 atom stereocenters. The SMILES string of the molecule is CCOc1cc(C)ccc1CNC(=O)[C@H](C)N.Cl. The van der Waals surface area contributed by atoms with Gasteiger partial charge in [0.25, 0.3) is 0 Å². The van der Waals surface area contributed by atoms with Crippen LogP contribution in [0.1, 0.15) is 25.0 Å². The van der Waals surface area contributed by atoms with Gasteiger partial charge in [-0.1, -0.05) is 12.1 Å². The number of halogens is 1. The molecule has 102 valence electrons. The van der Waals surface area contributed by atoms with Crippen molar-refractivity contribution in [3.8, 4) is 5.75 Å². The monoisotopic (exact) mass is 272 g/mol. The molecule has 4 nitrogen and oxygen atoms in total. The van der Waals surface area contributed by atoms with Crippen molar-refractivity contribution in [1.29, 1.82) is 0 Å². The Bertz CT molecular complexity index is 395. The summed E-state index contributed by atoms with van der Waals surface area (Å²) < 4.78 is 5.53. The van der Waals surface area contributed by atoms with E-state index in [-0.39, 0.29) is 18.3 Å². The molecule has 1 rings (SSSR count). The molecule has 1 aromatic rings. The Kier molecular flexibility index (Phi) is 7.39. The Morgan fingerprint density at radius 1 is 1.50 bits per heavy atom. The average Bonchev–Trinajstić information content (AvgIpc) is 2.28. The number of ether oxygens (including phenoxy) is 1. The maximum atomic E-state index is 11.4. The first-order valence-electron chi connectivity index (χ1n) is 5.80. The molecular formula is C13H21ClN2O2. The van der Waals surface area contributed by atoms with Crippen LogP contribution < -0.4 is 15.8 Å². The zero-order valence-corrected chi connectivity index (χ0v) is 11.8. The lowest BCUT2D eigenvalue weighted by molar-refractivity contribution is -0.122. The van der Waals surface area contributed by atoms with Gasteiger partial charge in [0.15, 0.2) is 0 Å². The minimum atomic E-state index is -0.490. The van der Waals surface area contributed by atoms with Gasteiger partial charge in [0, 0.05) is 12.1 Å². The zero-order valence-electron chi connectivity index (χ0n) is 11.0. The Morgan fingerprint density at radius 2 is 2.17 bits per heavy atom. The molecule has 0 aliphatic heterocycles. The highest BCUT2D eigenvalue weighted by molar-refractivity contribution is 5.85. The molecule has 3 N–H and O–H groups in total. The third-order valence-electron chi connectivity index (χ3n) is 2.39. The van der Waals surface area contributed by atoms with Crippen molar-refractivity contribution in [2.75, 3.05) is 6.61 Å². The first kappa shape index (κ1) is 16.7. The Morgan fingerprint density at radius 3 is 2.72 bits per heavy atom. The summed E-state index contributed by atoms with van der Waals surface area (Å²) in [6.45, 7) is 6.65. The number of rotatable bonds is 5. The van der Waals surface area contributed by atoms with Gasteiger partial charge in [-0.05, 0) is 32.4 Å². The van der Waals surface area contributed by atoms with Crippen LogP contribution in [0.15, 0.2) is 18.2 Å². The third-order valence-corrected chi connectivity index (χ3v) is 2.39. The van der Waals surface area contributed by atoms with Crippen molar-refractivity contribution in [3.05, 3.63) is 29.3 Å². The molecule has 0 radical (unpaired) electrons. The Labute approximate surface area is 114 Å². The number of amides is 1. The van der Waals surface area contributed by atoms with Gasteiger partial charge in [-0.15, -0.1) is 12.4 Å². The van der Waals surface area contributed by atoms with Gasteiger partial charge in [-0.3, -0.25) is 4.79 Å². The van der Waals surface area contributed by atoms with Gasteiger partial charge < -0.3 is 15.8 Å². The molecule has 18 heavy (non-hydrogen) atoms. The van der Waals surface area contributed by atoms with Crippen LogP contribution in [0.25, 0.3) is 0 Å². The second kappa shape index (κ2) is 7.95. The molecule has 5 heteroatoms. The lowest BCUT2D eigenvalue weighted by atomic mass is 10.1. The maximum absolute atomic E-state index is 11.4. The molecule has 0 saturated carbocycles. The van der Waals surface area contributed by atoms with Gasteiger partial charge in [0.2, 0.25) is 5.91 Å². The standard InChI is InChI=1S/C13H20N2O2.ClH/c1-4-17-12-7-9(2)5-6-11(12)8-15-13(16)10(3)14;/h5-7,10H,4,8,14H2,1-3H3,(H,15,16);1H/t10-;/m0./s1. The zero-order chi connectivity index (χ0) is 12.8. The summed E-state index contributed by atoms with van der Waals surface area (Å²) in [6, 6.07) is 5.44. The van der Waals surface area contributed by atoms with E-state index in [1.807, 2.05) is 32.0 Å². The highest BCUT2D eigenvalue weighted by Crippen LogP contribution is 2.20. The van der Waals surface area contributed by atoms with Gasteiger partial charge >= 0.3 is 0 Å². The van der Waals surface area contributed by atoms with Crippen molar-refractivity contribution in [2.45, 2.75) is 33.4 Å². The van der Waals surface area contributed by atoms with E-state index in [1.54, 1.807) is 6.92 Å². The number of carbonyl (C=O) groups excluding carboxylic acids is 1. The molecule has 0 spiro atoms. The van der Waals surface area contributed by atoms with Crippen LogP contribution in [0.2, 0.25) is 0 Å². The van der Waals surface area contributed by atoms with Gasteiger partial charge in [0.1, 0.15) is 5.75 Å². The molecule has 0 saturated heterocycles. The Hall–Kier alpha value is -1.26. The fourth-order valence-electron chi connectivity index (χ4n) is 1.44. The summed E-state index contributed by atoms with van der Waals surface area (Å²) in [6.07, 6.45) is 0. The normalized spacial score (nSPS) is 11.3. The number of aryl methyl sites for hydroxylation is 1. The first-order chi connectivity index (χ1) is 8.04. The number of hydrogen-bond donors (Lipinski definition) is 2. The predicted molar refractivity (Wildman–Crippen MR) is 75.1 cm³/mol. The average molecular weight is 273 g/mol. The van der Waals surface area contributed by atoms with Crippen LogP contribution in [-0.4, -0.2) is 18.6 Å². The van der Waals surface area contributed by atoms with E-state index in [0.717, 1.165) is 16.9 Å². The van der Waals surface area contributed by atoms with E-state index in [9.17, 15) is 4.79 Å². The molecule has 0 aliphatic rings. The summed E-state index contributed by atoms with van der Waals surface area (Å²) >= 11 is 0. The topological polar surface area (TPSA) is 64.3 Å². The maximum Gasteiger partial charge on any atom is 0.236 e. The van der Waals surface area contributed by atoms with Crippen LogP contribution >= 0.6 is 12.4 Å². The summed E-state index contributed by atoms with van der Waals surface area (Å²) in [5.74, 6) is 0.658. The first-order valence-corrected chi connectivity index (χ1v) is 5.80. The molecule has 1 aromatic carbocycles. The second-order valence-corrected chi connectivity index (χ2v) is 4.05. The predicted octanol–water partition coefficient (Wildman–Crippen LogP) is 1.78. The summed E-state index contributed by atoms with van der Waals surface area (Å²) in [5, 5.41) is 2.77. The number of nitrogens with two attached hydrogens (primary N) is 1. The molecule has 0 fully saturated rings. The lowest BCUT2D eigenvalue weighted by Gasteiger charge is -2.13. The number of carbonyl (C=O) groups is 1. The molecule has 0 heterocycles. The van der Waals surface area contributed by atoms with Crippen molar-refractivity contribution in [3.63, 3.8) is 0 Å². The highest BCUT2D eigenvalue weighted by atomic mass is 35.5. The number of benzene rings is 1. The molecule has 0 unspecified atom stereocenters.